The van der Waals surface area contributed by atoms with Gasteiger partial charge in [-0.3, -0.25) is 4.57 Å². The zero-order valence-electron chi connectivity index (χ0n) is 9.26. The Balaban J connectivity index is 2.30. The SMILES string of the molecule is COc1ccc([P](=O)c2cccc(F)c2)cc1. The number of halogens is 1. The van der Waals surface area contributed by atoms with E-state index in [1.807, 2.05) is 0 Å². The number of rotatable bonds is 3. The summed E-state index contributed by atoms with van der Waals surface area (Å²) in [6.45, 7) is 0. The molecule has 2 aromatic carbocycles. The highest BCUT2D eigenvalue weighted by Gasteiger charge is 2.08. The Hall–Kier alpha value is -1.73. The van der Waals surface area contributed by atoms with E-state index in [1.165, 1.54) is 12.1 Å². The molecule has 0 aliphatic rings. The Bertz CT molecular complexity index is 537. The molecule has 1 unspecified atom stereocenters. The summed E-state index contributed by atoms with van der Waals surface area (Å²) in [7, 11) is -0.179. The molecule has 0 heterocycles. The molecule has 17 heavy (non-hydrogen) atoms. The first-order chi connectivity index (χ1) is 8.20. The van der Waals surface area contributed by atoms with Crippen LogP contribution in [0.2, 0.25) is 0 Å². The average Bonchev–Trinajstić information content (AvgIpc) is 2.38. The lowest BCUT2D eigenvalue weighted by Crippen LogP contribution is -2.06. The fourth-order valence-electron chi connectivity index (χ4n) is 1.47. The van der Waals surface area contributed by atoms with E-state index in [9.17, 15) is 8.96 Å². The van der Waals surface area contributed by atoms with Gasteiger partial charge in [-0.25, -0.2) is 4.39 Å². The quantitative estimate of drug-likeness (QED) is 0.781. The zero-order chi connectivity index (χ0) is 12.3. The summed E-state index contributed by atoms with van der Waals surface area (Å²) in [4.78, 5) is 0. The van der Waals surface area contributed by atoms with E-state index in [0.29, 0.717) is 16.4 Å². The Labute approximate surface area is 99.8 Å². The van der Waals surface area contributed by atoms with Gasteiger partial charge in [-0.15, -0.1) is 0 Å². The summed E-state index contributed by atoms with van der Waals surface area (Å²) < 4.78 is 30.2. The van der Waals surface area contributed by atoms with Crippen LogP contribution in [-0.4, -0.2) is 7.11 Å². The van der Waals surface area contributed by atoms with Crippen molar-refractivity contribution in [3.63, 3.8) is 0 Å². The molecule has 1 radical (unpaired) electrons. The molecule has 87 valence electrons. The van der Waals surface area contributed by atoms with Crippen LogP contribution in [0.1, 0.15) is 0 Å². The van der Waals surface area contributed by atoms with Gasteiger partial charge in [0.15, 0.2) is 0 Å². The van der Waals surface area contributed by atoms with Gasteiger partial charge in [0, 0.05) is 10.6 Å². The highest BCUT2D eigenvalue weighted by atomic mass is 31.1. The van der Waals surface area contributed by atoms with Crippen LogP contribution in [-0.2, 0) is 4.57 Å². The number of hydrogen-bond acceptors (Lipinski definition) is 2. The molecule has 0 saturated carbocycles. The maximum Gasteiger partial charge on any atom is 0.136 e. The van der Waals surface area contributed by atoms with Gasteiger partial charge >= 0.3 is 0 Å². The molecule has 0 aromatic heterocycles. The van der Waals surface area contributed by atoms with Crippen LogP contribution in [0.15, 0.2) is 48.5 Å². The molecular weight excluding hydrogens is 238 g/mol. The molecule has 2 rings (SSSR count). The van der Waals surface area contributed by atoms with Crippen LogP contribution in [0.25, 0.3) is 0 Å². The van der Waals surface area contributed by atoms with E-state index >= 15 is 0 Å². The fourth-order valence-corrected chi connectivity index (χ4v) is 2.65. The lowest BCUT2D eigenvalue weighted by atomic mass is 10.3. The minimum absolute atomic E-state index is 0.376. The Morgan fingerprint density at radius 1 is 1.06 bits per heavy atom. The summed E-state index contributed by atoms with van der Waals surface area (Å²) in [5.74, 6) is 0.329. The van der Waals surface area contributed by atoms with E-state index < -0.39 is 7.80 Å². The molecule has 0 amide bonds. The molecule has 0 fully saturated rings. The van der Waals surface area contributed by atoms with E-state index in [4.69, 9.17) is 4.74 Å². The maximum absolute atomic E-state index is 13.0. The monoisotopic (exact) mass is 249 g/mol. The third-order valence-corrected chi connectivity index (χ3v) is 3.86. The molecule has 2 aromatic rings. The second kappa shape index (κ2) is 5.07. The lowest BCUT2D eigenvalue weighted by Gasteiger charge is -2.03. The van der Waals surface area contributed by atoms with Gasteiger partial charge in [0.2, 0.25) is 0 Å². The van der Waals surface area contributed by atoms with Crippen molar-refractivity contribution in [2.75, 3.05) is 7.11 Å². The first kappa shape index (κ1) is 11.7. The second-order valence-electron chi connectivity index (χ2n) is 3.47. The molecule has 0 aliphatic carbocycles. The minimum Gasteiger partial charge on any atom is -0.497 e. The summed E-state index contributed by atoms with van der Waals surface area (Å²) >= 11 is 0. The van der Waals surface area contributed by atoms with E-state index in [1.54, 1.807) is 43.5 Å². The van der Waals surface area contributed by atoms with Crippen molar-refractivity contribution in [3.8, 4) is 5.75 Å². The standard InChI is InChI=1S/C13H11FO2P/c1-16-11-5-7-12(8-6-11)17(15)13-4-2-3-10(14)9-13/h2-9H,1H3. The minimum atomic E-state index is -1.75. The highest BCUT2D eigenvalue weighted by molar-refractivity contribution is 7.61. The van der Waals surface area contributed by atoms with Crippen LogP contribution in [0.5, 0.6) is 5.75 Å². The van der Waals surface area contributed by atoms with E-state index in [0.717, 1.165) is 0 Å². The van der Waals surface area contributed by atoms with Gasteiger partial charge in [-0.1, -0.05) is 6.07 Å². The average molecular weight is 249 g/mol. The van der Waals surface area contributed by atoms with Crippen LogP contribution < -0.4 is 15.3 Å². The van der Waals surface area contributed by atoms with Gasteiger partial charge in [0.05, 0.1) is 7.11 Å². The number of hydrogen-bond donors (Lipinski definition) is 0. The van der Waals surface area contributed by atoms with E-state index in [2.05, 4.69) is 0 Å². The van der Waals surface area contributed by atoms with Gasteiger partial charge < -0.3 is 4.74 Å². The molecule has 0 N–H and O–H groups in total. The van der Waals surface area contributed by atoms with Gasteiger partial charge in [-0.2, -0.15) is 0 Å². The van der Waals surface area contributed by atoms with E-state index in [-0.39, 0.29) is 5.82 Å². The third kappa shape index (κ3) is 2.69. The molecular formula is C13H11FO2P. The highest BCUT2D eigenvalue weighted by Crippen LogP contribution is 2.21. The van der Waals surface area contributed by atoms with Crippen molar-refractivity contribution in [3.05, 3.63) is 54.3 Å². The Morgan fingerprint density at radius 3 is 2.35 bits per heavy atom. The van der Waals surface area contributed by atoms with Crippen molar-refractivity contribution in [1.82, 2.24) is 0 Å². The van der Waals surface area contributed by atoms with Crippen molar-refractivity contribution < 1.29 is 13.7 Å². The molecule has 0 spiro atoms. The van der Waals surface area contributed by atoms with Crippen LogP contribution in [0, 0.1) is 5.82 Å². The first-order valence-corrected chi connectivity index (χ1v) is 6.33. The third-order valence-electron chi connectivity index (χ3n) is 2.35. The predicted octanol–water partition coefficient (Wildman–Crippen LogP) is 2.61. The molecule has 0 aliphatic heterocycles. The largest absolute Gasteiger partial charge is 0.497 e. The van der Waals surface area contributed by atoms with Crippen LogP contribution in [0.3, 0.4) is 0 Å². The predicted molar refractivity (Wildman–Crippen MR) is 66.3 cm³/mol. The fraction of sp³-hybridized carbons (Fsp3) is 0.0769. The van der Waals surface area contributed by atoms with Crippen molar-refractivity contribution in [2.24, 2.45) is 0 Å². The first-order valence-electron chi connectivity index (χ1n) is 5.07. The van der Waals surface area contributed by atoms with Crippen LogP contribution in [0.4, 0.5) is 4.39 Å². The van der Waals surface area contributed by atoms with Crippen molar-refractivity contribution >= 4 is 18.4 Å². The summed E-state index contributed by atoms with van der Waals surface area (Å²) in [6, 6.07) is 12.8. The molecule has 0 saturated heterocycles. The van der Waals surface area contributed by atoms with Gasteiger partial charge in [-0.05, 0) is 42.5 Å². The lowest BCUT2D eigenvalue weighted by molar-refractivity contribution is 0.415. The summed E-state index contributed by atoms with van der Waals surface area (Å²) in [5, 5.41) is 1.15. The maximum atomic E-state index is 13.0. The van der Waals surface area contributed by atoms with Crippen molar-refractivity contribution in [2.45, 2.75) is 0 Å². The van der Waals surface area contributed by atoms with Gasteiger partial charge in [0.1, 0.15) is 19.4 Å². The number of ether oxygens (including phenoxy) is 1. The molecule has 4 heteroatoms. The molecule has 0 bridgehead atoms. The normalized spacial score (nSPS) is 11.1. The second-order valence-corrected chi connectivity index (χ2v) is 5.09. The summed E-state index contributed by atoms with van der Waals surface area (Å²) in [5.41, 5.74) is 0. The Morgan fingerprint density at radius 2 is 1.76 bits per heavy atom. The van der Waals surface area contributed by atoms with Gasteiger partial charge in [0.25, 0.3) is 0 Å². The molecule has 2 nitrogen and oxygen atoms in total. The van der Waals surface area contributed by atoms with Crippen LogP contribution >= 0.6 is 7.80 Å². The zero-order valence-corrected chi connectivity index (χ0v) is 10.2. The molecule has 1 atom stereocenters. The number of methoxy groups -OCH3 is 1. The topological polar surface area (TPSA) is 26.3 Å². The smallest absolute Gasteiger partial charge is 0.136 e. The Kier molecular flexibility index (Phi) is 3.50. The number of benzene rings is 2. The van der Waals surface area contributed by atoms with Crippen molar-refractivity contribution in [1.29, 1.82) is 0 Å². The summed E-state index contributed by atoms with van der Waals surface area (Å²) in [6.07, 6.45) is 0.